The lowest BCUT2D eigenvalue weighted by Crippen LogP contribution is -2.54. The van der Waals surface area contributed by atoms with Crippen LogP contribution in [-0.2, 0) is 6.42 Å². The van der Waals surface area contributed by atoms with Gasteiger partial charge in [0.05, 0.1) is 12.7 Å². The molecule has 0 spiro atoms. The Labute approximate surface area is 127 Å². The normalized spacial score (nSPS) is 27.0. The Bertz CT molecular complexity index is 452. The number of aromatic nitrogens is 1. The predicted molar refractivity (Wildman–Crippen MR) is 84.2 cm³/mol. The fraction of sp³-hybridized carbons (Fsp3) is 0.706. The second-order valence-corrected chi connectivity index (χ2v) is 6.37. The van der Waals surface area contributed by atoms with Gasteiger partial charge in [-0.2, -0.15) is 0 Å². The number of nitrogens with zero attached hydrogens (tertiary/aromatic N) is 2. The van der Waals surface area contributed by atoms with Gasteiger partial charge in [0.2, 0.25) is 0 Å². The first kappa shape index (κ1) is 16.4. The van der Waals surface area contributed by atoms with Crippen LogP contribution in [0.15, 0.2) is 18.2 Å². The largest absolute Gasteiger partial charge is 0.396 e. The van der Waals surface area contributed by atoms with Gasteiger partial charge in [-0.25, -0.2) is 0 Å². The molecule has 1 aromatic heterocycles. The van der Waals surface area contributed by atoms with Gasteiger partial charge in [0.25, 0.3) is 0 Å². The Hall–Kier alpha value is -0.970. The van der Waals surface area contributed by atoms with Crippen LogP contribution >= 0.6 is 0 Å². The van der Waals surface area contributed by atoms with Crippen molar-refractivity contribution >= 4 is 0 Å². The Morgan fingerprint density at radius 1 is 1.43 bits per heavy atom. The first-order valence-corrected chi connectivity index (χ1v) is 8.03. The van der Waals surface area contributed by atoms with Gasteiger partial charge in [0.15, 0.2) is 0 Å². The molecule has 2 heterocycles. The summed E-state index contributed by atoms with van der Waals surface area (Å²) in [7, 11) is 0. The van der Waals surface area contributed by atoms with Crippen molar-refractivity contribution in [2.75, 3.05) is 26.2 Å². The summed E-state index contributed by atoms with van der Waals surface area (Å²) in [5, 5.41) is 20.1. The summed E-state index contributed by atoms with van der Waals surface area (Å²) in [4.78, 5) is 6.90. The number of aryl methyl sites for hydroxylation is 1. The summed E-state index contributed by atoms with van der Waals surface area (Å²) in [5.74, 6) is 0. The van der Waals surface area contributed by atoms with Crippen LogP contribution in [0.5, 0.6) is 0 Å². The SMILES string of the molecule is CCC[C@@]1(CO)CN(CCc2cccc(C)n2)CC[C@@H]1O. The first-order chi connectivity index (χ1) is 10.1. The van der Waals surface area contributed by atoms with Gasteiger partial charge in [-0.05, 0) is 31.9 Å². The minimum Gasteiger partial charge on any atom is -0.396 e. The second kappa shape index (κ2) is 7.34. The number of aliphatic hydroxyl groups is 2. The van der Waals surface area contributed by atoms with E-state index in [0.29, 0.717) is 0 Å². The summed E-state index contributed by atoms with van der Waals surface area (Å²) in [6, 6.07) is 6.13. The first-order valence-electron chi connectivity index (χ1n) is 8.03. The van der Waals surface area contributed by atoms with Crippen molar-refractivity contribution < 1.29 is 10.2 Å². The lowest BCUT2D eigenvalue weighted by molar-refractivity contribution is -0.0797. The lowest BCUT2D eigenvalue weighted by atomic mass is 9.74. The van der Waals surface area contributed by atoms with Crippen LogP contribution in [0.2, 0.25) is 0 Å². The van der Waals surface area contributed by atoms with E-state index in [0.717, 1.165) is 56.7 Å². The van der Waals surface area contributed by atoms with E-state index in [9.17, 15) is 10.2 Å². The average Bonchev–Trinajstić information content (AvgIpc) is 2.48. The second-order valence-electron chi connectivity index (χ2n) is 6.37. The van der Waals surface area contributed by atoms with Crippen LogP contribution in [0.1, 0.15) is 37.6 Å². The maximum atomic E-state index is 10.3. The molecule has 0 bridgehead atoms. The fourth-order valence-electron chi connectivity index (χ4n) is 3.42. The molecule has 21 heavy (non-hydrogen) atoms. The van der Waals surface area contributed by atoms with Crippen molar-refractivity contribution in [2.24, 2.45) is 5.41 Å². The molecular weight excluding hydrogens is 264 g/mol. The number of rotatable bonds is 6. The number of aliphatic hydroxyl groups excluding tert-OH is 2. The van der Waals surface area contributed by atoms with Crippen LogP contribution < -0.4 is 0 Å². The fourth-order valence-corrected chi connectivity index (χ4v) is 3.42. The molecule has 4 nitrogen and oxygen atoms in total. The van der Waals surface area contributed by atoms with Crippen molar-refractivity contribution in [3.63, 3.8) is 0 Å². The molecule has 0 radical (unpaired) electrons. The highest BCUT2D eigenvalue weighted by molar-refractivity contribution is 5.10. The van der Waals surface area contributed by atoms with E-state index in [4.69, 9.17) is 0 Å². The summed E-state index contributed by atoms with van der Waals surface area (Å²) in [5.41, 5.74) is 1.83. The monoisotopic (exact) mass is 292 g/mol. The molecule has 2 atom stereocenters. The molecule has 2 N–H and O–H groups in total. The van der Waals surface area contributed by atoms with Crippen LogP contribution in [0, 0.1) is 12.3 Å². The molecule has 2 rings (SSSR count). The lowest BCUT2D eigenvalue weighted by Gasteiger charge is -2.45. The highest BCUT2D eigenvalue weighted by Crippen LogP contribution is 2.34. The number of hydrogen-bond donors (Lipinski definition) is 2. The van der Waals surface area contributed by atoms with E-state index in [2.05, 4.69) is 22.9 Å². The molecule has 0 aliphatic carbocycles. The van der Waals surface area contributed by atoms with E-state index in [1.807, 2.05) is 19.1 Å². The van der Waals surface area contributed by atoms with Crippen molar-refractivity contribution in [3.05, 3.63) is 29.6 Å². The number of piperidine rings is 1. The van der Waals surface area contributed by atoms with E-state index in [-0.39, 0.29) is 18.1 Å². The molecule has 1 aliphatic rings. The van der Waals surface area contributed by atoms with Crippen molar-refractivity contribution in [1.82, 2.24) is 9.88 Å². The van der Waals surface area contributed by atoms with Crippen molar-refractivity contribution in [3.8, 4) is 0 Å². The molecule has 118 valence electrons. The summed E-state index contributed by atoms with van der Waals surface area (Å²) in [6.07, 6.45) is 3.16. The topological polar surface area (TPSA) is 56.6 Å². The average molecular weight is 292 g/mol. The molecule has 4 heteroatoms. The molecular formula is C17H28N2O2. The standard InChI is InChI=1S/C17H28N2O2/c1-3-9-17(13-20)12-19(11-8-16(17)21)10-7-15-6-4-5-14(2)18-15/h4-6,16,20-21H,3,7-13H2,1-2H3/t16-,17-/m0/s1. The minimum absolute atomic E-state index is 0.0706. The van der Waals surface area contributed by atoms with Crippen molar-refractivity contribution in [1.29, 1.82) is 0 Å². The number of pyridine rings is 1. The molecule has 1 saturated heterocycles. The van der Waals surface area contributed by atoms with E-state index >= 15 is 0 Å². The molecule has 1 aromatic rings. The van der Waals surface area contributed by atoms with Gasteiger partial charge in [-0.1, -0.05) is 19.4 Å². The molecule has 0 amide bonds. The van der Waals surface area contributed by atoms with Gasteiger partial charge >= 0.3 is 0 Å². The smallest absolute Gasteiger partial charge is 0.0642 e. The van der Waals surface area contributed by atoms with E-state index in [1.165, 1.54) is 0 Å². The van der Waals surface area contributed by atoms with Crippen LogP contribution in [-0.4, -0.2) is 52.4 Å². The van der Waals surface area contributed by atoms with Gasteiger partial charge in [-0.3, -0.25) is 4.98 Å². The zero-order valence-electron chi connectivity index (χ0n) is 13.3. The number of likely N-dealkylation sites (tertiary alicyclic amines) is 1. The highest BCUT2D eigenvalue weighted by atomic mass is 16.3. The third-order valence-corrected chi connectivity index (χ3v) is 4.66. The molecule has 0 unspecified atom stereocenters. The zero-order chi connectivity index (χ0) is 15.3. The molecule has 0 aromatic carbocycles. The van der Waals surface area contributed by atoms with Crippen LogP contribution in [0.4, 0.5) is 0 Å². The van der Waals surface area contributed by atoms with Gasteiger partial charge in [-0.15, -0.1) is 0 Å². The Kier molecular flexibility index (Phi) is 5.73. The quantitative estimate of drug-likeness (QED) is 0.839. The summed E-state index contributed by atoms with van der Waals surface area (Å²) < 4.78 is 0. The van der Waals surface area contributed by atoms with Gasteiger partial charge in [0.1, 0.15) is 0 Å². The van der Waals surface area contributed by atoms with E-state index in [1.54, 1.807) is 0 Å². The highest BCUT2D eigenvalue weighted by Gasteiger charge is 2.41. The Morgan fingerprint density at radius 2 is 2.24 bits per heavy atom. The zero-order valence-corrected chi connectivity index (χ0v) is 13.3. The third-order valence-electron chi connectivity index (χ3n) is 4.66. The predicted octanol–water partition coefficient (Wildman–Crippen LogP) is 1.78. The Morgan fingerprint density at radius 3 is 2.90 bits per heavy atom. The summed E-state index contributed by atoms with van der Waals surface area (Å²) in [6.45, 7) is 6.82. The maximum Gasteiger partial charge on any atom is 0.0642 e. The molecule has 1 fully saturated rings. The van der Waals surface area contributed by atoms with E-state index < -0.39 is 0 Å². The van der Waals surface area contributed by atoms with Gasteiger partial charge in [0, 0.05) is 42.9 Å². The minimum atomic E-state index is -0.379. The van der Waals surface area contributed by atoms with Crippen molar-refractivity contribution in [2.45, 2.75) is 45.6 Å². The third kappa shape index (κ3) is 4.02. The number of hydrogen-bond acceptors (Lipinski definition) is 4. The maximum absolute atomic E-state index is 10.3. The van der Waals surface area contributed by atoms with Gasteiger partial charge < -0.3 is 15.1 Å². The molecule has 1 aliphatic heterocycles. The van der Waals surface area contributed by atoms with Crippen LogP contribution in [0.3, 0.4) is 0 Å². The summed E-state index contributed by atoms with van der Waals surface area (Å²) >= 11 is 0. The van der Waals surface area contributed by atoms with Crippen LogP contribution in [0.25, 0.3) is 0 Å². The molecule has 0 saturated carbocycles. The Balaban J connectivity index is 1.95.